The molecule has 0 bridgehead atoms. The van der Waals surface area contributed by atoms with E-state index in [4.69, 9.17) is 12.2 Å². The maximum absolute atomic E-state index is 8.76. The summed E-state index contributed by atoms with van der Waals surface area (Å²) < 4.78 is 23.1. The van der Waals surface area contributed by atoms with Crippen LogP contribution < -0.4 is 0 Å². The molecule has 0 heterocycles. The smallest absolute Gasteiger partial charge is 0 e. The minimum atomic E-state index is -3.29. The molecule has 0 aliphatic heterocycles. The number of hydrogen-bond acceptors (Lipinski definition) is 1. The Morgan fingerprint density at radius 3 is 1.40 bits per heavy atom. The van der Waals surface area contributed by atoms with Crippen LogP contribution >= 0.6 is 0 Å². The van der Waals surface area contributed by atoms with E-state index in [-0.39, 0.29) is 21.7 Å². The number of hydrogen-bond donors (Lipinski definition) is 2. The van der Waals surface area contributed by atoms with Gasteiger partial charge in [0, 0.05) is 21.7 Å². The second-order valence-corrected chi connectivity index (χ2v) is 1.20. The predicted molar refractivity (Wildman–Crippen MR) is 10.9 cm³/mol. The second-order valence-electron chi connectivity index (χ2n) is 0.231. The van der Waals surface area contributed by atoms with E-state index in [0.717, 1.165) is 0 Å². The molecule has 0 aliphatic carbocycles. The summed E-state index contributed by atoms with van der Waals surface area (Å²) in [5, 5.41) is 0. The van der Waals surface area contributed by atoms with Crippen molar-refractivity contribution in [3.05, 3.63) is 0 Å². The first-order chi connectivity index (χ1) is 1.73. The van der Waals surface area contributed by atoms with Crippen molar-refractivity contribution >= 4 is 14.5 Å². The van der Waals surface area contributed by atoms with Crippen LogP contribution in [-0.4, -0.2) is 22.9 Å². The van der Waals surface area contributed by atoms with Gasteiger partial charge in [0.25, 0.3) is 0 Å². The van der Waals surface area contributed by atoms with Crippen LogP contribution in [-0.2, 0) is 25.6 Å². The Balaban J connectivity index is 0. The third-order valence-electron chi connectivity index (χ3n) is 0. The van der Waals surface area contributed by atoms with Crippen molar-refractivity contribution in [2.24, 2.45) is 0 Å². The standard InChI is InChI=1S/H2O3Se.Ti/c1-4(2)3;/h(H2,1,2,3);. The Morgan fingerprint density at radius 2 is 1.40 bits per heavy atom. The van der Waals surface area contributed by atoms with Crippen molar-refractivity contribution in [3.8, 4) is 0 Å². The van der Waals surface area contributed by atoms with Gasteiger partial charge in [-0.2, -0.15) is 0 Å². The topological polar surface area (TPSA) is 57.5 Å². The molecule has 0 amide bonds. The fourth-order valence-corrected chi connectivity index (χ4v) is 0. The molecular weight excluding hydrogens is 175 g/mol. The average Bonchev–Trinajstić information content (AvgIpc) is 0.811. The Labute approximate surface area is 48.6 Å². The monoisotopic (exact) mass is 178 g/mol. The van der Waals surface area contributed by atoms with E-state index in [2.05, 4.69) is 0 Å². The fraction of sp³-hybridized carbons (Fsp3) is 0. The fourth-order valence-electron chi connectivity index (χ4n) is 0. The zero-order chi connectivity index (χ0) is 3.58. The summed E-state index contributed by atoms with van der Waals surface area (Å²) >= 11 is -3.29. The zero-order valence-electron chi connectivity index (χ0n) is 2.21. The van der Waals surface area contributed by atoms with Gasteiger partial charge in [-0.3, -0.25) is 0 Å². The molecule has 0 rings (SSSR count). The largest absolute Gasteiger partial charge is 0 e. The molecule has 0 aliphatic rings. The third kappa shape index (κ3) is 47.5. The van der Waals surface area contributed by atoms with E-state index < -0.39 is 14.5 Å². The molecule has 5 heteroatoms. The van der Waals surface area contributed by atoms with E-state index >= 15 is 0 Å². The van der Waals surface area contributed by atoms with Crippen LogP contribution in [0.15, 0.2) is 0 Å². The molecule has 5 heavy (non-hydrogen) atoms. The summed E-state index contributed by atoms with van der Waals surface area (Å²) in [4.78, 5) is 0. The SMILES string of the molecule is O=[Se](O)O.[Ti]. The molecule has 0 radical (unpaired) electrons. The van der Waals surface area contributed by atoms with Gasteiger partial charge in [-0.1, -0.05) is 0 Å². The Morgan fingerprint density at radius 1 is 1.40 bits per heavy atom. The molecule has 30 valence electrons. The van der Waals surface area contributed by atoms with Crippen molar-refractivity contribution in [1.29, 1.82) is 0 Å². The quantitative estimate of drug-likeness (QED) is 0.437. The maximum atomic E-state index is 8.76. The van der Waals surface area contributed by atoms with E-state index in [9.17, 15) is 0 Å². The first kappa shape index (κ1) is 9.35. The van der Waals surface area contributed by atoms with Crippen LogP contribution in [0, 0.1) is 0 Å². The average molecular weight is 177 g/mol. The molecule has 0 saturated carbocycles. The first-order valence-electron chi connectivity index (χ1n) is 0.532. The van der Waals surface area contributed by atoms with Crippen LogP contribution in [0.3, 0.4) is 0 Å². The maximum Gasteiger partial charge on any atom is 0 e. The zero-order valence-corrected chi connectivity index (χ0v) is 5.49. The van der Waals surface area contributed by atoms with Gasteiger partial charge >= 0.3 is 26.7 Å². The predicted octanol–water partition coefficient (Wildman–Crippen LogP) is -1.62. The first-order valence-corrected chi connectivity index (χ1v) is 2.76. The van der Waals surface area contributed by atoms with Crippen molar-refractivity contribution in [1.82, 2.24) is 0 Å². The van der Waals surface area contributed by atoms with Crippen molar-refractivity contribution in [3.63, 3.8) is 0 Å². The van der Waals surface area contributed by atoms with Gasteiger partial charge in [-0.25, -0.2) is 0 Å². The molecule has 0 aromatic rings. The molecular formula is H2O3SeTi. The molecule has 0 aromatic heterocycles. The van der Waals surface area contributed by atoms with E-state index in [1.54, 1.807) is 0 Å². The van der Waals surface area contributed by atoms with E-state index in [1.165, 1.54) is 0 Å². The van der Waals surface area contributed by atoms with Gasteiger partial charge < -0.3 is 0 Å². The number of rotatable bonds is 0. The second kappa shape index (κ2) is 4.95. The van der Waals surface area contributed by atoms with E-state index in [0.29, 0.717) is 0 Å². The molecule has 3 nitrogen and oxygen atoms in total. The van der Waals surface area contributed by atoms with Gasteiger partial charge in [-0.05, 0) is 0 Å². The van der Waals surface area contributed by atoms with Gasteiger partial charge in [-0.15, -0.1) is 0 Å². The molecule has 0 aromatic carbocycles. The molecule has 0 spiro atoms. The van der Waals surface area contributed by atoms with Gasteiger partial charge in [0.15, 0.2) is 0 Å². The van der Waals surface area contributed by atoms with Crippen molar-refractivity contribution in [2.45, 2.75) is 0 Å². The van der Waals surface area contributed by atoms with Crippen LogP contribution in [0.5, 0.6) is 0 Å². The van der Waals surface area contributed by atoms with Crippen LogP contribution in [0.1, 0.15) is 0 Å². The van der Waals surface area contributed by atoms with Crippen LogP contribution in [0.25, 0.3) is 0 Å². The van der Waals surface area contributed by atoms with Gasteiger partial charge in [0.1, 0.15) is 0 Å². The Hall–Kier alpha value is 0.954. The summed E-state index contributed by atoms with van der Waals surface area (Å²) in [7, 11) is 0. The summed E-state index contributed by atoms with van der Waals surface area (Å²) in [5.74, 6) is 0. The van der Waals surface area contributed by atoms with Gasteiger partial charge in [0.05, 0.1) is 0 Å². The summed E-state index contributed by atoms with van der Waals surface area (Å²) in [6, 6.07) is 0. The van der Waals surface area contributed by atoms with E-state index in [1.807, 2.05) is 0 Å². The minimum Gasteiger partial charge on any atom is 0 e. The van der Waals surface area contributed by atoms with Crippen molar-refractivity contribution in [2.75, 3.05) is 0 Å². The molecule has 2 N–H and O–H groups in total. The summed E-state index contributed by atoms with van der Waals surface area (Å²) in [6.07, 6.45) is 0. The molecule has 0 saturated heterocycles. The molecule has 0 unspecified atom stereocenters. The van der Waals surface area contributed by atoms with Crippen LogP contribution in [0.2, 0.25) is 0 Å². The Bertz CT molecular complexity index is 29.9. The Kier molecular flexibility index (Phi) is 9.26. The summed E-state index contributed by atoms with van der Waals surface area (Å²) in [5.41, 5.74) is 0. The summed E-state index contributed by atoms with van der Waals surface area (Å²) in [6.45, 7) is 0. The van der Waals surface area contributed by atoms with Gasteiger partial charge in [0.2, 0.25) is 0 Å². The normalized spacial score (nSPS) is 7.00. The molecule has 0 atom stereocenters. The molecule has 0 fully saturated rings. The van der Waals surface area contributed by atoms with Crippen LogP contribution in [0.4, 0.5) is 0 Å². The van der Waals surface area contributed by atoms with Crippen molar-refractivity contribution < 1.29 is 33.9 Å². The minimum absolute atomic E-state index is 0. The third-order valence-corrected chi connectivity index (χ3v) is 0.